The van der Waals surface area contributed by atoms with Gasteiger partial charge < -0.3 is 13.7 Å². The maximum atomic E-state index is 13.5. The standard InChI is InChI=1S/C30H28N2O4/c1-4-14-32-19(2)16-25(20(32)3)27(33)18-36-30(34)28-23-11-5-6-13-26(23)31-29-21(9-7-12-24(28)29)17-22-10-8-15-35-22/h4-6,8,10-11,13,15-17H,1,7,9,12,14,18H2,2-3H3/b21-17+. The van der Waals surface area contributed by atoms with Gasteiger partial charge in [0.2, 0.25) is 5.78 Å². The predicted octanol–water partition coefficient (Wildman–Crippen LogP) is 6.35. The molecule has 0 N–H and O–H groups in total. The molecule has 3 aromatic heterocycles. The van der Waals surface area contributed by atoms with Crippen molar-refractivity contribution < 1.29 is 18.7 Å². The second-order valence-electron chi connectivity index (χ2n) is 9.05. The van der Waals surface area contributed by atoms with Crippen molar-refractivity contribution in [2.45, 2.75) is 39.7 Å². The van der Waals surface area contributed by atoms with Crippen LogP contribution in [0.4, 0.5) is 0 Å². The zero-order valence-electron chi connectivity index (χ0n) is 20.5. The van der Waals surface area contributed by atoms with Crippen LogP contribution in [-0.2, 0) is 17.7 Å². The fourth-order valence-corrected chi connectivity index (χ4v) is 5.03. The number of aromatic nitrogens is 2. The Labute approximate surface area is 209 Å². The molecule has 0 aliphatic heterocycles. The highest BCUT2D eigenvalue weighted by Gasteiger charge is 2.27. The Morgan fingerprint density at radius 2 is 2.00 bits per heavy atom. The number of esters is 1. The Kier molecular flexibility index (Phi) is 6.42. The summed E-state index contributed by atoms with van der Waals surface area (Å²) in [4.78, 5) is 31.4. The first kappa shape index (κ1) is 23.5. The van der Waals surface area contributed by atoms with Crippen LogP contribution in [0.25, 0.3) is 22.6 Å². The van der Waals surface area contributed by atoms with E-state index < -0.39 is 5.97 Å². The van der Waals surface area contributed by atoms with Crippen molar-refractivity contribution in [3.63, 3.8) is 0 Å². The highest BCUT2D eigenvalue weighted by atomic mass is 16.5. The highest BCUT2D eigenvalue weighted by molar-refractivity contribution is 6.08. The number of rotatable bonds is 7. The van der Waals surface area contributed by atoms with Gasteiger partial charge >= 0.3 is 5.97 Å². The van der Waals surface area contributed by atoms with E-state index in [2.05, 4.69) is 6.58 Å². The molecule has 0 radical (unpaired) electrons. The molecule has 0 bridgehead atoms. The SMILES string of the molecule is C=CCn1c(C)cc(C(=O)COC(=O)c2c3c(nc4ccccc24)/C(=C/c2ccco2)CCC3)c1C. The number of fused-ring (bicyclic) bond motifs is 2. The summed E-state index contributed by atoms with van der Waals surface area (Å²) >= 11 is 0. The first-order valence-electron chi connectivity index (χ1n) is 12.1. The average Bonchev–Trinajstić information content (AvgIpc) is 3.49. The number of nitrogens with zero attached hydrogens (tertiary/aromatic N) is 2. The zero-order chi connectivity index (χ0) is 25.2. The molecule has 6 heteroatoms. The molecule has 0 fully saturated rings. The molecule has 0 unspecified atom stereocenters. The summed E-state index contributed by atoms with van der Waals surface area (Å²) in [5, 5.41) is 0.733. The number of para-hydroxylation sites is 1. The van der Waals surface area contributed by atoms with E-state index in [9.17, 15) is 9.59 Å². The quantitative estimate of drug-likeness (QED) is 0.175. The Morgan fingerprint density at radius 3 is 2.78 bits per heavy atom. The molecule has 1 aliphatic rings. The van der Waals surface area contributed by atoms with Gasteiger partial charge in [-0.25, -0.2) is 9.78 Å². The first-order chi connectivity index (χ1) is 17.5. The number of ketones is 1. The van der Waals surface area contributed by atoms with Crippen LogP contribution >= 0.6 is 0 Å². The lowest BCUT2D eigenvalue weighted by Crippen LogP contribution is -2.19. The van der Waals surface area contributed by atoms with Gasteiger partial charge in [0, 0.05) is 28.9 Å². The minimum Gasteiger partial charge on any atom is -0.465 e. The summed E-state index contributed by atoms with van der Waals surface area (Å²) < 4.78 is 13.2. The van der Waals surface area contributed by atoms with Gasteiger partial charge in [-0.2, -0.15) is 0 Å². The summed E-state index contributed by atoms with van der Waals surface area (Å²) in [5.41, 5.74) is 6.26. The first-order valence-corrected chi connectivity index (χ1v) is 12.1. The van der Waals surface area contributed by atoms with Crippen molar-refractivity contribution in [3.8, 4) is 0 Å². The van der Waals surface area contributed by atoms with Crippen molar-refractivity contribution in [1.82, 2.24) is 9.55 Å². The van der Waals surface area contributed by atoms with E-state index in [0.717, 1.165) is 57.7 Å². The highest BCUT2D eigenvalue weighted by Crippen LogP contribution is 2.36. The zero-order valence-corrected chi connectivity index (χ0v) is 20.5. The second kappa shape index (κ2) is 9.82. The van der Waals surface area contributed by atoms with Crippen LogP contribution in [0.3, 0.4) is 0 Å². The van der Waals surface area contributed by atoms with Crippen LogP contribution in [0.15, 0.2) is 65.8 Å². The third-order valence-electron chi connectivity index (χ3n) is 6.75. The number of furan rings is 1. The average molecular weight is 481 g/mol. The van der Waals surface area contributed by atoms with Gasteiger partial charge in [-0.15, -0.1) is 6.58 Å². The minimum absolute atomic E-state index is 0.225. The van der Waals surface area contributed by atoms with Crippen molar-refractivity contribution in [2.75, 3.05) is 6.61 Å². The molecule has 0 amide bonds. The van der Waals surface area contributed by atoms with Crippen LogP contribution in [-0.4, -0.2) is 27.9 Å². The summed E-state index contributed by atoms with van der Waals surface area (Å²) in [6, 6.07) is 13.1. The molecule has 4 aromatic rings. The van der Waals surface area contributed by atoms with E-state index in [1.165, 1.54) is 0 Å². The van der Waals surface area contributed by atoms with Crippen molar-refractivity contribution in [3.05, 3.63) is 101 Å². The van der Waals surface area contributed by atoms with Gasteiger partial charge in [0.25, 0.3) is 0 Å². The molecule has 0 saturated heterocycles. The largest absolute Gasteiger partial charge is 0.465 e. The minimum atomic E-state index is -0.502. The van der Waals surface area contributed by atoms with Gasteiger partial charge in [0.15, 0.2) is 6.61 Å². The van der Waals surface area contributed by atoms with Gasteiger partial charge in [-0.1, -0.05) is 24.3 Å². The maximum absolute atomic E-state index is 13.5. The van der Waals surface area contributed by atoms with E-state index in [-0.39, 0.29) is 12.4 Å². The normalized spacial score (nSPS) is 14.1. The molecule has 5 rings (SSSR count). The van der Waals surface area contributed by atoms with Gasteiger partial charge in [-0.3, -0.25) is 4.79 Å². The fourth-order valence-electron chi connectivity index (χ4n) is 5.03. The lowest BCUT2D eigenvalue weighted by Gasteiger charge is -2.22. The van der Waals surface area contributed by atoms with Crippen LogP contribution in [0, 0.1) is 13.8 Å². The number of ether oxygens (including phenoxy) is 1. The lowest BCUT2D eigenvalue weighted by atomic mass is 9.86. The number of allylic oxidation sites excluding steroid dienone is 2. The van der Waals surface area contributed by atoms with E-state index in [1.807, 2.05) is 67.0 Å². The van der Waals surface area contributed by atoms with Crippen LogP contribution in [0.2, 0.25) is 0 Å². The Morgan fingerprint density at radius 1 is 1.17 bits per heavy atom. The third kappa shape index (κ3) is 4.31. The molecule has 0 atom stereocenters. The number of Topliss-reactive ketones (excluding diaryl/α,β-unsaturated/α-hetero) is 1. The number of carbonyl (C=O) groups excluding carboxylic acids is 2. The van der Waals surface area contributed by atoms with Crippen molar-refractivity contribution >= 4 is 34.3 Å². The van der Waals surface area contributed by atoms with Gasteiger partial charge in [0.05, 0.1) is 23.0 Å². The molecule has 0 saturated carbocycles. The number of aryl methyl sites for hydroxylation is 1. The molecule has 0 spiro atoms. The van der Waals surface area contributed by atoms with E-state index in [0.29, 0.717) is 24.1 Å². The maximum Gasteiger partial charge on any atom is 0.339 e. The van der Waals surface area contributed by atoms with E-state index in [1.54, 1.807) is 12.3 Å². The van der Waals surface area contributed by atoms with Crippen molar-refractivity contribution in [1.29, 1.82) is 0 Å². The molecule has 1 aromatic carbocycles. The molecule has 36 heavy (non-hydrogen) atoms. The molecule has 3 heterocycles. The number of hydrogen-bond acceptors (Lipinski definition) is 5. The van der Waals surface area contributed by atoms with Crippen LogP contribution in [0.5, 0.6) is 0 Å². The number of carbonyl (C=O) groups is 2. The number of hydrogen-bond donors (Lipinski definition) is 0. The second-order valence-corrected chi connectivity index (χ2v) is 9.05. The fraction of sp³-hybridized carbons (Fsp3) is 0.233. The van der Waals surface area contributed by atoms with E-state index in [4.69, 9.17) is 14.1 Å². The van der Waals surface area contributed by atoms with Gasteiger partial charge in [0.1, 0.15) is 5.76 Å². The summed E-state index contributed by atoms with van der Waals surface area (Å²) in [5.74, 6) is 0.0197. The van der Waals surface area contributed by atoms with Crippen LogP contribution < -0.4 is 0 Å². The topological polar surface area (TPSA) is 74.3 Å². The van der Waals surface area contributed by atoms with E-state index >= 15 is 0 Å². The Balaban J connectivity index is 1.49. The summed E-state index contributed by atoms with van der Waals surface area (Å²) in [6.07, 6.45) is 7.85. The monoisotopic (exact) mass is 480 g/mol. The number of benzene rings is 1. The molecule has 182 valence electrons. The predicted molar refractivity (Wildman–Crippen MR) is 140 cm³/mol. The summed E-state index contributed by atoms with van der Waals surface area (Å²) in [6.45, 7) is 7.92. The molecular formula is C30H28N2O4. The smallest absolute Gasteiger partial charge is 0.339 e. The summed E-state index contributed by atoms with van der Waals surface area (Å²) in [7, 11) is 0. The lowest BCUT2D eigenvalue weighted by molar-refractivity contribution is 0.0475. The molecule has 6 nitrogen and oxygen atoms in total. The Hall–Kier alpha value is -4.19. The third-order valence-corrected chi connectivity index (χ3v) is 6.75. The molecule has 1 aliphatic carbocycles. The number of pyridine rings is 1. The van der Waals surface area contributed by atoms with Crippen molar-refractivity contribution in [2.24, 2.45) is 0 Å². The van der Waals surface area contributed by atoms with Gasteiger partial charge in [-0.05, 0) is 74.6 Å². The van der Waals surface area contributed by atoms with Crippen LogP contribution in [0.1, 0.15) is 62.0 Å². The molecular weight excluding hydrogens is 452 g/mol. The Bertz CT molecular complexity index is 1510.